The second-order valence-corrected chi connectivity index (χ2v) is 8.94. The van der Waals surface area contributed by atoms with Crippen molar-refractivity contribution in [1.29, 1.82) is 0 Å². The lowest BCUT2D eigenvalue weighted by Gasteiger charge is -2.56. The van der Waals surface area contributed by atoms with Gasteiger partial charge >= 0.3 is 0 Å². The zero-order valence-corrected chi connectivity index (χ0v) is 16.2. The van der Waals surface area contributed by atoms with Gasteiger partial charge < -0.3 is 15.8 Å². The molecule has 4 bridgehead atoms. The maximum atomic E-state index is 6.17. The maximum Gasteiger partial charge on any atom is 0.228 e. The number of nitrogens with two attached hydrogens (primary N) is 1. The molecule has 1 heterocycles. The first-order valence-corrected chi connectivity index (χ1v) is 10.0. The van der Waals surface area contributed by atoms with Crippen LogP contribution in [-0.2, 0) is 0 Å². The molecule has 3 N–H and O–H groups in total. The number of benzene rings is 1. The van der Waals surface area contributed by atoms with Gasteiger partial charge in [0.2, 0.25) is 11.9 Å². The molecule has 0 aliphatic heterocycles. The fourth-order valence-corrected chi connectivity index (χ4v) is 6.10. The van der Waals surface area contributed by atoms with E-state index in [9.17, 15) is 0 Å². The minimum Gasteiger partial charge on any atom is -0.496 e. The molecule has 0 saturated heterocycles. The second kappa shape index (κ2) is 6.23. The molecular weight excluding hydrogens is 362 g/mol. The fraction of sp³-hybridized carbons (Fsp3) is 0.550. The van der Waals surface area contributed by atoms with Crippen molar-refractivity contribution in [2.75, 3.05) is 18.2 Å². The molecule has 1 aromatic carbocycles. The lowest BCUT2D eigenvalue weighted by atomic mass is 9.53. The Kier molecular flexibility index (Phi) is 3.93. The molecule has 2 aromatic rings. The quantitative estimate of drug-likeness (QED) is 0.821. The predicted octanol–water partition coefficient (Wildman–Crippen LogP) is 4.16. The number of hydrogen-bond acceptors (Lipinski definition) is 6. The summed E-state index contributed by atoms with van der Waals surface area (Å²) < 4.78 is 5.45. The van der Waals surface area contributed by atoms with Gasteiger partial charge in [-0.15, -0.1) is 0 Å². The zero-order valence-electron chi connectivity index (χ0n) is 15.4. The van der Waals surface area contributed by atoms with E-state index >= 15 is 0 Å². The Bertz CT molecular complexity index is 851. The minimum atomic E-state index is 0.109. The molecule has 0 amide bonds. The Labute approximate surface area is 163 Å². The van der Waals surface area contributed by atoms with Crippen LogP contribution in [0.25, 0.3) is 11.4 Å². The molecule has 6 nitrogen and oxygen atoms in total. The molecular formula is C20H24ClN5O. The summed E-state index contributed by atoms with van der Waals surface area (Å²) in [5.74, 6) is 4.43. The van der Waals surface area contributed by atoms with Crippen molar-refractivity contribution in [3.8, 4) is 17.1 Å². The molecule has 4 aliphatic carbocycles. The second-order valence-electron chi connectivity index (χ2n) is 8.51. The van der Waals surface area contributed by atoms with E-state index in [1.165, 1.54) is 38.5 Å². The molecule has 0 spiro atoms. The average molecular weight is 386 g/mol. The van der Waals surface area contributed by atoms with E-state index in [0.717, 1.165) is 17.8 Å². The summed E-state index contributed by atoms with van der Waals surface area (Å²) in [4.78, 5) is 13.4. The summed E-state index contributed by atoms with van der Waals surface area (Å²) in [6.45, 7) is 0. The molecule has 6 rings (SSSR count). The number of hydrogen-bond donors (Lipinski definition) is 2. The van der Waals surface area contributed by atoms with Crippen LogP contribution in [0.2, 0.25) is 5.02 Å². The number of nitrogen functional groups attached to an aromatic ring is 1. The van der Waals surface area contributed by atoms with Crippen LogP contribution in [0.3, 0.4) is 0 Å². The normalized spacial score (nSPS) is 31.1. The largest absolute Gasteiger partial charge is 0.496 e. The Morgan fingerprint density at radius 1 is 1.07 bits per heavy atom. The Balaban J connectivity index is 1.49. The van der Waals surface area contributed by atoms with Crippen molar-refractivity contribution < 1.29 is 4.74 Å². The van der Waals surface area contributed by atoms with E-state index in [4.69, 9.17) is 22.1 Å². The molecule has 4 aliphatic rings. The van der Waals surface area contributed by atoms with Gasteiger partial charge in [-0.25, -0.2) is 0 Å². The lowest BCUT2D eigenvalue weighted by molar-refractivity contribution is 0.0103. The molecule has 7 heteroatoms. The van der Waals surface area contributed by atoms with Crippen molar-refractivity contribution >= 4 is 23.5 Å². The highest BCUT2D eigenvalue weighted by Crippen LogP contribution is 2.56. The number of aromatic nitrogens is 3. The van der Waals surface area contributed by atoms with Gasteiger partial charge in [0, 0.05) is 10.6 Å². The first-order valence-electron chi connectivity index (χ1n) is 9.65. The van der Waals surface area contributed by atoms with E-state index in [-0.39, 0.29) is 11.5 Å². The highest BCUT2D eigenvalue weighted by molar-refractivity contribution is 6.30. The van der Waals surface area contributed by atoms with Crippen LogP contribution < -0.4 is 15.8 Å². The highest BCUT2D eigenvalue weighted by atomic mass is 35.5. The highest BCUT2D eigenvalue weighted by Gasteiger charge is 2.51. The summed E-state index contributed by atoms with van der Waals surface area (Å²) in [5.41, 5.74) is 6.84. The molecule has 4 saturated carbocycles. The number of halogens is 1. The fourth-order valence-electron chi connectivity index (χ4n) is 5.92. The molecule has 0 atom stereocenters. The smallest absolute Gasteiger partial charge is 0.228 e. The zero-order chi connectivity index (χ0) is 18.6. The van der Waals surface area contributed by atoms with Gasteiger partial charge in [0.1, 0.15) is 5.75 Å². The first kappa shape index (κ1) is 17.0. The Hall–Kier alpha value is -2.08. The third kappa shape index (κ3) is 3.10. The van der Waals surface area contributed by atoms with Crippen LogP contribution in [0, 0.1) is 17.8 Å². The number of nitrogens with zero attached hydrogens (tertiary/aromatic N) is 3. The van der Waals surface area contributed by atoms with Crippen LogP contribution in [0.5, 0.6) is 5.75 Å². The topological polar surface area (TPSA) is 86.0 Å². The molecule has 0 unspecified atom stereocenters. The van der Waals surface area contributed by atoms with Crippen molar-refractivity contribution in [2.45, 2.75) is 44.1 Å². The van der Waals surface area contributed by atoms with Gasteiger partial charge in [-0.3, -0.25) is 0 Å². The van der Waals surface area contributed by atoms with Crippen LogP contribution in [0.1, 0.15) is 38.5 Å². The molecule has 0 radical (unpaired) electrons. The summed E-state index contributed by atoms with van der Waals surface area (Å²) in [7, 11) is 1.62. The Morgan fingerprint density at radius 2 is 1.74 bits per heavy atom. The molecule has 4 fully saturated rings. The minimum absolute atomic E-state index is 0.109. The number of rotatable bonds is 4. The summed E-state index contributed by atoms with van der Waals surface area (Å²) >= 11 is 6.17. The van der Waals surface area contributed by atoms with E-state index in [1.54, 1.807) is 19.2 Å². The van der Waals surface area contributed by atoms with Gasteiger partial charge in [-0.1, -0.05) is 11.6 Å². The van der Waals surface area contributed by atoms with Gasteiger partial charge in [-0.2, -0.15) is 15.0 Å². The van der Waals surface area contributed by atoms with Crippen molar-refractivity contribution in [2.24, 2.45) is 17.8 Å². The van der Waals surface area contributed by atoms with Gasteiger partial charge in [0.15, 0.2) is 5.82 Å². The average Bonchev–Trinajstić information content (AvgIpc) is 2.59. The van der Waals surface area contributed by atoms with Crippen molar-refractivity contribution in [1.82, 2.24) is 15.0 Å². The van der Waals surface area contributed by atoms with Crippen LogP contribution in [0.4, 0.5) is 11.9 Å². The van der Waals surface area contributed by atoms with E-state index < -0.39 is 0 Å². The Morgan fingerprint density at radius 3 is 2.37 bits per heavy atom. The maximum absolute atomic E-state index is 6.17. The van der Waals surface area contributed by atoms with Crippen LogP contribution in [-0.4, -0.2) is 27.6 Å². The number of anilines is 2. The van der Waals surface area contributed by atoms with E-state index in [0.29, 0.717) is 28.1 Å². The molecule has 142 valence electrons. The number of nitrogens with one attached hydrogen (secondary N) is 1. The van der Waals surface area contributed by atoms with Gasteiger partial charge in [0.05, 0.1) is 12.7 Å². The van der Waals surface area contributed by atoms with Gasteiger partial charge in [0.25, 0.3) is 0 Å². The number of ether oxygens (including phenoxy) is 1. The third-order valence-corrected chi connectivity index (χ3v) is 6.71. The molecule has 1 aromatic heterocycles. The van der Waals surface area contributed by atoms with Gasteiger partial charge in [-0.05, 0) is 74.5 Å². The van der Waals surface area contributed by atoms with Crippen LogP contribution >= 0.6 is 11.6 Å². The lowest BCUT2D eigenvalue weighted by Crippen LogP contribution is -2.55. The van der Waals surface area contributed by atoms with E-state index in [2.05, 4.69) is 20.3 Å². The predicted molar refractivity (Wildman–Crippen MR) is 106 cm³/mol. The third-order valence-electron chi connectivity index (χ3n) is 6.47. The van der Waals surface area contributed by atoms with E-state index in [1.807, 2.05) is 6.07 Å². The summed E-state index contributed by atoms with van der Waals surface area (Å²) in [5, 5.41) is 4.27. The number of methoxy groups -OCH3 is 1. The monoisotopic (exact) mass is 385 g/mol. The SMILES string of the molecule is COc1ccc(Cl)cc1-c1nc(N)nc(NC23CC4CC(CC(C4)C2)C3)n1. The standard InChI is InChI=1S/C20H24ClN5O/c1-27-16-3-2-14(21)7-15(16)17-23-18(22)25-19(24-17)26-20-8-11-4-12(9-20)6-13(5-11)10-20/h2-3,7,11-13H,4-6,8-10H2,1H3,(H3,22,23,24,25,26). The van der Waals surface area contributed by atoms with Crippen molar-refractivity contribution in [3.63, 3.8) is 0 Å². The summed E-state index contributed by atoms with van der Waals surface area (Å²) in [6.07, 6.45) is 7.81. The summed E-state index contributed by atoms with van der Waals surface area (Å²) in [6, 6.07) is 5.39. The van der Waals surface area contributed by atoms with Crippen molar-refractivity contribution in [3.05, 3.63) is 23.2 Å². The first-order chi connectivity index (χ1) is 13.0. The molecule has 27 heavy (non-hydrogen) atoms. The van der Waals surface area contributed by atoms with Crippen LogP contribution in [0.15, 0.2) is 18.2 Å².